The molecule has 1 heterocycles. The van der Waals surface area contributed by atoms with Crippen LogP contribution in [0, 0.1) is 0 Å². The molecule has 5 heteroatoms. The van der Waals surface area contributed by atoms with E-state index in [2.05, 4.69) is 9.97 Å². The predicted octanol–water partition coefficient (Wildman–Crippen LogP) is 3.09. The maximum absolute atomic E-state index is 10.8. The molecule has 0 aliphatic carbocycles. The lowest BCUT2D eigenvalue weighted by molar-refractivity contribution is 0.112. The van der Waals surface area contributed by atoms with Crippen molar-refractivity contribution in [2.24, 2.45) is 0 Å². The number of rotatable bonds is 3. The molecule has 2 aromatic rings. The number of hydrogen-bond acceptors (Lipinski definition) is 4. The second-order valence-corrected chi connectivity index (χ2v) is 4.45. The van der Waals surface area contributed by atoms with Crippen molar-refractivity contribution >= 4 is 29.6 Å². The molecule has 1 aromatic carbocycles. The third-order valence-corrected chi connectivity index (χ3v) is 3.13. The van der Waals surface area contributed by atoms with Gasteiger partial charge in [-0.25, -0.2) is 9.97 Å². The van der Waals surface area contributed by atoms with Gasteiger partial charge in [-0.1, -0.05) is 23.4 Å². The number of carbonyl (C=O) groups excluding carboxylic acids is 1. The SMILES string of the molecule is O=Cc1ccc(Cl)cc1Sc1ccncn1. The summed E-state index contributed by atoms with van der Waals surface area (Å²) in [5.41, 5.74) is 0.605. The first-order chi connectivity index (χ1) is 7.79. The Labute approximate surface area is 102 Å². The van der Waals surface area contributed by atoms with E-state index in [1.807, 2.05) is 0 Å². The Bertz CT molecular complexity index is 505. The number of aldehydes is 1. The minimum absolute atomic E-state index is 0.599. The van der Waals surface area contributed by atoms with Crippen molar-refractivity contribution in [2.45, 2.75) is 9.92 Å². The van der Waals surface area contributed by atoms with Crippen molar-refractivity contribution in [1.82, 2.24) is 9.97 Å². The highest BCUT2D eigenvalue weighted by atomic mass is 35.5. The fourth-order valence-corrected chi connectivity index (χ4v) is 2.26. The van der Waals surface area contributed by atoms with Crippen LogP contribution in [0.5, 0.6) is 0 Å². The van der Waals surface area contributed by atoms with Crippen molar-refractivity contribution in [3.63, 3.8) is 0 Å². The van der Waals surface area contributed by atoms with Crippen LogP contribution < -0.4 is 0 Å². The van der Waals surface area contributed by atoms with E-state index in [9.17, 15) is 4.79 Å². The van der Waals surface area contributed by atoms with Crippen LogP contribution in [-0.2, 0) is 0 Å². The van der Waals surface area contributed by atoms with E-state index in [1.165, 1.54) is 18.1 Å². The Morgan fingerprint density at radius 1 is 1.31 bits per heavy atom. The van der Waals surface area contributed by atoms with Gasteiger partial charge in [-0.3, -0.25) is 4.79 Å². The molecule has 0 spiro atoms. The average molecular weight is 251 g/mol. The van der Waals surface area contributed by atoms with Crippen molar-refractivity contribution in [3.8, 4) is 0 Å². The number of hydrogen-bond donors (Lipinski definition) is 0. The fourth-order valence-electron chi connectivity index (χ4n) is 1.15. The molecule has 0 unspecified atom stereocenters. The number of nitrogens with zero attached hydrogens (tertiary/aromatic N) is 2. The van der Waals surface area contributed by atoms with E-state index in [1.54, 1.807) is 30.5 Å². The summed E-state index contributed by atoms with van der Waals surface area (Å²) in [7, 11) is 0. The lowest BCUT2D eigenvalue weighted by atomic mass is 10.2. The molecule has 80 valence electrons. The Morgan fingerprint density at radius 3 is 2.88 bits per heavy atom. The Balaban J connectivity index is 2.33. The van der Waals surface area contributed by atoms with Crippen LogP contribution in [0.3, 0.4) is 0 Å². The van der Waals surface area contributed by atoms with Crippen molar-refractivity contribution < 1.29 is 4.79 Å². The number of aromatic nitrogens is 2. The van der Waals surface area contributed by atoms with Crippen LogP contribution in [0.15, 0.2) is 46.7 Å². The summed E-state index contributed by atoms with van der Waals surface area (Å²) in [4.78, 5) is 19.5. The van der Waals surface area contributed by atoms with Crippen LogP contribution in [0.25, 0.3) is 0 Å². The fraction of sp³-hybridized carbons (Fsp3) is 0. The van der Waals surface area contributed by atoms with Gasteiger partial charge in [0, 0.05) is 21.7 Å². The van der Waals surface area contributed by atoms with Gasteiger partial charge in [0.25, 0.3) is 0 Å². The quantitative estimate of drug-likeness (QED) is 0.620. The topological polar surface area (TPSA) is 42.9 Å². The maximum atomic E-state index is 10.8. The van der Waals surface area contributed by atoms with Gasteiger partial charge in [-0.15, -0.1) is 0 Å². The number of halogens is 1. The summed E-state index contributed by atoms with van der Waals surface area (Å²) >= 11 is 7.26. The van der Waals surface area contributed by atoms with Gasteiger partial charge in [-0.2, -0.15) is 0 Å². The molecule has 0 saturated heterocycles. The largest absolute Gasteiger partial charge is 0.298 e. The summed E-state index contributed by atoms with van der Waals surface area (Å²) in [6, 6.07) is 6.91. The van der Waals surface area contributed by atoms with Crippen molar-refractivity contribution in [3.05, 3.63) is 47.4 Å². The zero-order valence-corrected chi connectivity index (χ0v) is 9.70. The molecule has 0 aliphatic rings. The third-order valence-electron chi connectivity index (χ3n) is 1.87. The molecule has 0 N–H and O–H groups in total. The molecular weight excluding hydrogens is 244 g/mol. The molecule has 3 nitrogen and oxygen atoms in total. The van der Waals surface area contributed by atoms with E-state index < -0.39 is 0 Å². The molecule has 1 aromatic heterocycles. The molecule has 0 saturated carbocycles. The zero-order chi connectivity index (χ0) is 11.4. The third kappa shape index (κ3) is 2.59. The van der Waals surface area contributed by atoms with Crippen LogP contribution in [0.2, 0.25) is 5.02 Å². The first-order valence-corrected chi connectivity index (χ1v) is 5.67. The average Bonchev–Trinajstić information content (AvgIpc) is 2.31. The van der Waals surface area contributed by atoms with Gasteiger partial charge in [-0.05, 0) is 24.3 Å². The Hall–Kier alpha value is -1.39. The monoisotopic (exact) mass is 250 g/mol. The van der Waals surface area contributed by atoms with Gasteiger partial charge in [0.05, 0.1) is 0 Å². The van der Waals surface area contributed by atoms with Gasteiger partial charge in [0.1, 0.15) is 11.4 Å². The first-order valence-electron chi connectivity index (χ1n) is 4.48. The minimum atomic E-state index is 0.599. The number of carbonyl (C=O) groups is 1. The van der Waals surface area contributed by atoms with Gasteiger partial charge < -0.3 is 0 Å². The minimum Gasteiger partial charge on any atom is -0.298 e. The highest BCUT2D eigenvalue weighted by molar-refractivity contribution is 7.99. The van der Waals surface area contributed by atoms with Crippen LogP contribution in [0.4, 0.5) is 0 Å². The van der Waals surface area contributed by atoms with Gasteiger partial charge in [0.15, 0.2) is 6.29 Å². The molecule has 0 amide bonds. The van der Waals surface area contributed by atoms with E-state index in [0.29, 0.717) is 10.6 Å². The molecule has 0 aliphatic heterocycles. The Morgan fingerprint density at radius 2 is 2.19 bits per heavy atom. The zero-order valence-electron chi connectivity index (χ0n) is 8.13. The predicted molar refractivity (Wildman–Crippen MR) is 63.0 cm³/mol. The molecule has 2 rings (SSSR count). The summed E-state index contributed by atoms with van der Waals surface area (Å²) in [5.74, 6) is 0. The van der Waals surface area contributed by atoms with Crippen molar-refractivity contribution in [2.75, 3.05) is 0 Å². The van der Waals surface area contributed by atoms with Crippen LogP contribution >= 0.6 is 23.4 Å². The standard InChI is InChI=1S/C11H7ClN2OS/c12-9-2-1-8(6-15)10(5-9)16-11-3-4-13-7-14-11/h1-7H. The second-order valence-electron chi connectivity index (χ2n) is 2.95. The summed E-state index contributed by atoms with van der Waals surface area (Å²) in [6.45, 7) is 0. The van der Waals surface area contributed by atoms with Crippen LogP contribution in [-0.4, -0.2) is 16.3 Å². The molecule has 0 fully saturated rings. The second kappa shape index (κ2) is 5.09. The van der Waals surface area contributed by atoms with E-state index in [0.717, 1.165) is 16.2 Å². The lowest BCUT2D eigenvalue weighted by Crippen LogP contribution is -1.86. The summed E-state index contributed by atoms with van der Waals surface area (Å²) in [6.07, 6.45) is 3.92. The number of benzene rings is 1. The van der Waals surface area contributed by atoms with E-state index >= 15 is 0 Å². The molecule has 16 heavy (non-hydrogen) atoms. The van der Waals surface area contributed by atoms with E-state index in [4.69, 9.17) is 11.6 Å². The molecular formula is C11H7ClN2OS. The van der Waals surface area contributed by atoms with Crippen LogP contribution in [0.1, 0.15) is 10.4 Å². The molecule has 0 atom stereocenters. The summed E-state index contributed by atoms with van der Waals surface area (Å²) in [5, 5.41) is 1.38. The molecule has 0 bridgehead atoms. The maximum Gasteiger partial charge on any atom is 0.151 e. The molecule has 0 radical (unpaired) electrons. The summed E-state index contributed by atoms with van der Waals surface area (Å²) < 4.78 is 0. The lowest BCUT2D eigenvalue weighted by Gasteiger charge is -2.03. The van der Waals surface area contributed by atoms with Gasteiger partial charge in [0.2, 0.25) is 0 Å². The first kappa shape index (κ1) is 11.1. The van der Waals surface area contributed by atoms with Crippen molar-refractivity contribution in [1.29, 1.82) is 0 Å². The smallest absolute Gasteiger partial charge is 0.151 e. The highest BCUT2D eigenvalue weighted by Crippen LogP contribution is 2.30. The normalized spacial score (nSPS) is 10.1. The van der Waals surface area contributed by atoms with E-state index in [-0.39, 0.29) is 0 Å². The Kier molecular flexibility index (Phi) is 3.54. The highest BCUT2D eigenvalue weighted by Gasteiger charge is 2.05. The van der Waals surface area contributed by atoms with Gasteiger partial charge >= 0.3 is 0 Å².